The summed E-state index contributed by atoms with van der Waals surface area (Å²) in [6.45, 7) is 0.913. The van der Waals surface area contributed by atoms with Crippen molar-refractivity contribution in [3.8, 4) is 0 Å². The fourth-order valence-corrected chi connectivity index (χ4v) is 4.10. The molecule has 1 aromatic rings. The van der Waals surface area contributed by atoms with Crippen LogP contribution in [0.4, 0.5) is 4.79 Å². The molecule has 2 heterocycles. The molecule has 2 rings (SSSR count). The van der Waals surface area contributed by atoms with Crippen molar-refractivity contribution in [1.82, 2.24) is 15.2 Å². The van der Waals surface area contributed by atoms with E-state index in [1.807, 2.05) is 12.1 Å². The molecule has 1 atom stereocenters. The Bertz CT molecular complexity index is 559. The minimum atomic E-state index is -2.88. The van der Waals surface area contributed by atoms with Crippen molar-refractivity contribution in [1.29, 1.82) is 0 Å². The molecule has 0 spiro atoms. The average Bonchev–Trinajstić information content (AvgIpc) is 2.76. The van der Waals surface area contributed by atoms with Gasteiger partial charge < -0.3 is 10.2 Å². The summed E-state index contributed by atoms with van der Waals surface area (Å²) in [5, 5.41) is 2.79. The van der Waals surface area contributed by atoms with Crippen molar-refractivity contribution in [3.63, 3.8) is 0 Å². The van der Waals surface area contributed by atoms with Crippen molar-refractivity contribution in [2.45, 2.75) is 13.0 Å². The van der Waals surface area contributed by atoms with Gasteiger partial charge in [-0.1, -0.05) is 0 Å². The number of carbonyl (C=O) groups excluding carboxylic acids is 1. The van der Waals surface area contributed by atoms with Crippen molar-refractivity contribution >= 4 is 15.9 Å². The third-order valence-corrected chi connectivity index (χ3v) is 5.22. The van der Waals surface area contributed by atoms with E-state index >= 15 is 0 Å². The summed E-state index contributed by atoms with van der Waals surface area (Å²) in [6.07, 6.45) is 4.01. The van der Waals surface area contributed by atoms with Gasteiger partial charge in [0, 0.05) is 32.5 Å². The molecule has 0 bridgehead atoms. The number of urea groups is 1. The van der Waals surface area contributed by atoms with Crippen LogP contribution in [0.25, 0.3) is 0 Å². The number of nitrogens with zero attached hydrogens (tertiary/aromatic N) is 2. The van der Waals surface area contributed by atoms with Crippen LogP contribution >= 0.6 is 0 Å². The van der Waals surface area contributed by atoms with Crippen LogP contribution in [0.3, 0.4) is 0 Å². The van der Waals surface area contributed by atoms with Gasteiger partial charge in [-0.3, -0.25) is 4.98 Å². The topological polar surface area (TPSA) is 79.4 Å². The second kappa shape index (κ2) is 6.21. The van der Waals surface area contributed by atoms with Crippen LogP contribution in [0.1, 0.15) is 12.0 Å². The van der Waals surface area contributed by atoms with Crippen molar-refractivity contribution < 1.29 is 13.2 Å². The SMILES string of the molecule is CN(Cc1ccncc1)C(=O)NCC1CCS(=O)(=O)C1. The number of pyridine rings is 1. The van der Waals surface area contributed by atoms with Gasteiger partial charge in [0.05, 0.1) is 11.5 Å². The highest BCUT2D eigenvalue weighted by atomic mass is 32.2. The monoisotopic (exact) mass is 297 g/mol. The largest absolute Gasteiger partial charge is 0.338 e. The van der Waals surface area contributed by atoms with Crippen molar-refractivity contribution in [3.05, 3.63) is 30.1 Å². The number of carbonyl (C=O) groups is 1. The minimum Gasteiger partial charge on any atom is -0.338 e. The van der Waals surface area contributed by atoms with E-state index in [4.69, 9.17) is 0 Å². The summed E-state index contributed by atoms with van der Waals surface area (Å²) in [4.78, 5) is 17.4. The zero-order valence-electron chi connectivity index (χ0n) is 11.4. The van der Waals surface area contributed by atoms with Gasteiger partial charge in [0.25, 0.3) is 0 Å². The summed E-state index contributed by atoms with van der Waals surface area (Å²) in [6, 6.07) is 3.52. The second-order valence-corrected chi connectivity index (χ2v) is 7.40. The van der Waals surface area contributed by atoms with Gasteiger partial charge in [-0.2, -0.15) is 0 Å². The third kappa shape index (κ3) is 4.19. The normalized spacial score (nSPS) is 20.6. The molecule has 6 nitrogen and oxygen atoms in total. The van der Waals surface area contributed by atoms with Gasteiger partial charge in [0.15, 0.2) is 9.84 Å². The van der Waals surface area contributed by atoms with E-state index in [0.29, 0.717) is 19.5 Å². The fourth-order valence-electron chi connectivity index (χ4n) is 2.23. The Kier molecular flexibility index (Phi) is 4.59. The zero-order chi connectivity index (χ0) is 14.6. The molecule has 0 saturated carbocycles. The summed E-state index contributed by atoms with van der Waals surface area (Å²) >= 11 is 0. The second-order valence-electron chi connectivity index (χ2n) is 5.17. The lowest BCUT2D eigenvalue weighted by atomic mass is 10.1. The number of sulfone groups is 1. The van der Waals surface area contributed by atoms with Crippen LogP contribution in [-0.4, -0.2) is 49.4 Å². The molecule has 1 aromatic heterocycles. The van der Waals surface area contributed by atoms with E-state index < -0.39 is 9.84 Å². The van der Waals surface area contributed by atoms with E-state index in [-0.39, 0.29) is 23.5 Å². The lowest BCUT2D eigenvalue weighted by Crippen LogP contribution is -2.39. The summed E-state index contributed by atoms with van der Waals surface area (Å²) in [5.74, 6) is 0.458. The van der Waals surface area contributed by atoms with Gasteiger partial charge in [-0.05, 0) is 30.0 Å². The first-order valence-electron chi connectivity index (χ1n) is 6.54. The first-order valence-corrected chi connectivity index (χ1v) is 8.37. The molecule has 1 N–H and O–H groups in total. The molecule has 1 aliphatic heterocycles. The maximum Gasteiger partial charge on any atom is 0.317 e. The van der Waals surface area contributed by atoms with E-state index in [1.165, 1.54) is 0 Å². The van der Waals surface area contributed by atoms with E-state index in [9.17, 15) is 13.2 Å². The number of rotatable bonds is 4. The van der Waals surface area contributed by atoms with Gasteiger partial charge in [-0.25, -0.2) is 13.2 Å². The minimum absolute atomic E-state index is 0.0401. The van der Waals surface area contributed by atoms with Crippen molar-refractivity contribution in [2.24, 2.45) is 5.92 Å². The maximum atomic E-state index is 11.9. The quantitative estimate of drug-likeness (QED) is 0.885. The third-order valence-electron chi connectivity index (χ3n) is 3.38. The highest BCUT2D eigenvalue weighted by Gasteiger charge is 2.28. The Labute approximate surface area is 119 Å². The number of amides is 2. The maximum absolute atomic E-state index is 11.9. The highest BCUT2D eigenvalue weighted by molar-refractivity contribution is 7.91. The number of hydrogen-bond acceptors (Lipinski definition) is 4. The molecule has 0 aliphatic carbocycles. The van der Waals surface area contributed by atoms with E-state index in [0.717, 1.165) is 5.56 Å². The van der Waals surface area contributed by atoms with E-state index in [1.54, 1.807) is 24.3 Å². The smallest absolute Gasteiger partial charge is 0.317 e. The Morgan fingerprint density at radius 2 is 2.15 bits per heavy atom. The molecular weight excluding hydrogens is 278 g/mol. The molecular formula is C13H19N3O3S. The lowest BCUT2D eigenvalue weighted by Gasteiger charge is -2.19. The predicted octanol–water partition coefficient (Wildman–Crippen LogP) is 0.658. The summed E-state index contributed by atoms with van der Waals surface area (Å²) in [7, 11) is -1.17. The molecule has 1 fully saturated rings. The lowest BCUT2D eigenvalue weighted by molar-refractivity contribution is 0.205. The first kappa shape index (κ1) is 14.8. The summed E-state index contributed by atoms with van der Waals surface area (Å²) < 4.78 is 22.7. The summed E-state index contributed by atoms with van der Waals surface area (Å²) in [5.41, 5.74) is 1.00. The van der Waals surface area contributed by atoms with Crippen LogP contribution in [0.5, 0.6) is 0 Å². The standard InChI is InChI=1S/C13H19N3O3S/c1-16(9-11-2-5-14-6-3-11)13(17)15-8-12-4-7-20(18,19)10-12/h2-3,5-6,12H,4,7-10H2,1H3,(H,15,17). The van der Waals surface area contributed by atoms with Crippen LogP contribution in [-0.2, 0) is 16.4 Å². The Hall–Kier alpha value is -1.63. The van der Waals surface area contributed by atoms with Gasteiger partial charge in [0.2, 0.25) is 0 Å². The highest BCUT2D eigenvalue weighted by Crippen LogP contribution is 2.17. The number of nitrogens with one attached hydrogen (secondary N) is 1. The zero-order valence-corrected chi connectivity index (χ0v) is 12.3. The first-order chi connectivity index (χ1) is 9.46. The van der Waals surface area contributed by atoms with Gasteiger partial charge in [0.1, 0.15) is 0 Å². The van der Waals surface area contributed by atoms with Crippen LogP contribution in [0, 0.1) is 5.92 Å². The van der Waals surface area contributed by atoms with Crippen LogP contribution < -0.4 is 5.32 Å². The molecule has 0 radical (unpaired) electrons. The van der Waals surface area contributed by atoms with Crippen molar-refractivity contribution in [2.75, 3.05) is 25.1 Å². The van der Waals surface area contributed by atoms with Gasteiger partial charge >= 0.3 is 6.03 Å². The molecule has 20 heavy (non-hydrogen) atoms. The molecule has 1 saturated heterocycles. The number of hydrogen-bond donors (Lipinski definition) is 1. The van der Waals surface area contributed by atoms with E-state index in [2.05, 4.69) is 10.3 Å². The molecule has 110 valence electrons. The Morgan fingerprint density at radius 3 is 2.75 bits per heavy atom. The molecule has 7 heteroatoms. The van der Waals surface area contributed by atoms with Crippen LogP contribution in [0.15, 0.2) is 24.5 Å². The Balaban J connectivity index is 1.77. The molecule has 1 aliphatic rings. The molecule has 0 aromatic carbocycles. The predicted molar refractivity (Wildman–Crippen MR) is 75.9 cm³/mol. The molecule has 2 amide bonds. The fraction of sp³-hybridized carbons (Fsp3) is 0.538. The average molecular weight is 297 g/mol. The van der Waals surface area contributed by atoms with Gasteiger partial charge in [-0.15, -0.1) is 0 Å². The Morgan fingerprint density at radius 1 is 1.45 bits per heavy atom. The van der Waals surface area contributed by atoms with Crippen LogP contribution in [0.2, 0.25) is 0 Å². The molecule has 1 unspecified atom stereocenters. The number of aromatic nitrogens is 1.